The van der Waals surface area contributed by atoms with Gasteiger partial charge in [-0.3, -0.25) is 0 Å². The van der Waals surface area contributed by atoms with Crippen molar-refractivity contribution >= 4 is 0 Å². The maximum absolute atomic E-state index is 11.1. The summed E-state index contributed by atoms with van der Waals surface area (Å²) in [5, 5.41) is 32.2. The minimum atomic E-state index is -0.776. The molecule has 0 heterocycles. The van der Waals surface area contributed by atoms with Crippen LogP contribution in [0.1, 0.15) is 65.7 Å². The summed E-state index contributed by atoms with van der Waals surface area (Å²) in [7, 11) is 1.65. The Balaban J connectivity index is 1.64. The fourth-order valence-electron chi connectivity index (χ4n) is 8.36. The van der Waals surface area contributed by atoms with Gasteiger partial charge in [-0.05, 0) is 86.9 Å². The molecule has 150 valence electrons. The summed E-state index contributed by atoms with van der Waals surface area (Å²) in [5.41, 5.74) is 0.0352. The van der Waals surface area contributed by atoms with Crippen molar-refractivity contribution in [1.82, 2.24) is 0 Å². The highest BCUT2D eigenvalue weighted by atomic mass is 16.5. The molecule has 0 aromatic heterocycles. The molecule has 0 aliphatic heterocycles. The van der Waals surface area contributed by atoms with Crippen molar-refractivity contribution in [3.05, 3.63) is 0 Å². The van der Waals surface area contributed by atoms with Gasteiger partial charge in [-0.25, -0.2) is 0 Å². The molecule has 0 amide bonds. The van der Waals surface area contributed by atoms with Crippen molar-refractivity contribution < 1.29 is 20.1 Å². The van der Waals surface area contributed by atoms with Gasteiger partial charge in [-0.1, -0.05) is 13.8 Å². The number of methoxy groups -OCH3 is 1. The maximum Gasteiger partial charge on any atom is 0.106 e. The lowest BCUT2D eigenvalue weighted by molar-refractivity contribution is -0.227. The summed E-state index contributed by atoms with van der Waals surface area (Å²) in [6.07, 6.45) is 5.92. The standard InChI is InChI=1S/C22H38O4/c1-12(23)15-7-8-16-14-6-5-13-11-18(26-4)19(24)20(25)22(13,3)17(14)9-10-21(15,16)2/h12-20,23-25H,5-11H2,1-4H3/t12-,13-,14-,15+,16-,17-,18-,19-,20-,21+,22-/m0/s1. The molecule has 0 radical (unpaired) electrons. The van der Waals surface area contributed by atoms with E-state index in [4.69, 9.17) is 4.74 Å². The van der Waals surface area contributed by atoms with Gasteiger partial charge < -0.3 is 20.1 Å². The zero-order chi connectivity index (χ0) is 18.9. The number of hydrogen-bond acceptors (Lipinski definition) is 4. The second kappa shape index (κ2) is 6.43. The van der Waals surface area contributed by atoms with E-state index >= 15 is 0 Å². The highest BCUT2D eigenvalue weighted by molar-refractivity contribution is 5.13. The molecule has 4 heteroatoms. The van der Waals surface area contributed by atoms with Gasteiger partial charge in [0, 0.05) is 12.5 Å². The smallest absolute Gasteiger partial charge is 0.106 e. The topological polar surface area (TPSA) is 69.9 Å². The van der Waals surface area contributed by atoms with E-state index in [1.54, 1.807) is 7.11 Å². The number of ether oxygens (including phenoxy) is 1. The molecular formula is C22H38O4. The fourth-order valence-corrected chi connectivity index (χ4v) is 8.36. The van der Waals surface area contributed by atoms with Gasteiger partial charge in [0.2, 0.25) is 0 Å². The Morgan fingerprint density at radius 1 is 1.00 bits per heavy atom. The van der Waals surface area contributed by atoms with Crippen molar-refractivity contribution in [2.75, 3.05) is 7.11 Å². The van der Waals surface area contributed by atoms with Gasteiger partial charge >= 0.3 is 0 Å². The summed E-state index contributed by atoms with van der Waals surface area (Å²) in [6, 6.07) is 0. The lowest BCUT2D eigenvalue weighted by Crippen LogP contribution is -2.64. The highest BCUT2D eigenvalue weighted by Gasteiger charge is 2.64. The van der Waals surface area contributed by atoms with Crippen LogP contribution in [0.25, 0.3) is 0 Å². The Kier molecular flexibility index (Phi) is 4.74. The third-order valence-corrected chi connectivity index (χ3v) is 9.78. The number of aliphatic hydroxyl groups excluding tert-OH is 3. The van der Waals surface area contributed by atoms with Gasteiger partial charge in [0.15, 0.2) is 0 Å². The molecule has 0 aromatic rings. The van der Waals surface area contributed by atoms with Crippen molar-refractivity contribution in [2.24, 2.45) is 40.4 Å². The van der Waals surface area contributed by atoms with Crippen LogP contribution in [-0.2, 0) is 4.74 Å². The van der Waals surface area contributed by atoms with E-state index in [2.05, 4.69) is 13.8 Å². The molecule has 4 fully saturated rings. The molecule has 4 nitrogen and oxygen atoms in total. The molecule has 3 N–H and O–H groups in total. The highest BCUT2D eigenvalue weighted by Crippen LogP contribution is 2.67. The second-order valence-corrected chi connectivity index (χ2v) is 10.4. The van der Waals surface area contributed by atoms with E-state index in [0.717, 1.165) is 32.1 Å². The Morgan fingerprint density at radius 2 is 1.73 bits per heavy atom. The number of aliphatic hydroxyl groups is 3. The molecule has 4 aliphatic rings. The van der Waals surface area contributed by atoms with Gasteiger partial charge in [-0.15, -0.1) is 0 Å². The summed E-state index contributed by atoms with van der Waals surface area (Å²) >= 11 is 0. The molecule has 0 spiro atoms. The first-order valence-electron chi connectivity index (χ1n) is 10.8. The van der Waals surface area contributed by atoms with Gasteiger partial charge in [0.25, 0.3) is 0 Å². The van der Waals surface area contributed by atoms with Crippen molar-refractivity contribution in [1.29, 1.82) is 0 Å². The predicted octanol–water partition coefficient (Wildman–Crippen LogP) is 2.98. The monoisotopic (exact) mass is 366 g/mol. The van der Waals surface area contributed by atoms with E-state index in [1.807, 2.05) is 6.92 Å². The zero-order valence-corrected chi connectivity index (χ0v) is 16.9. The average molecular weight is 367 g/mol. The molecule has 0 aromatic carbocycles. The first-order valence-corrected chi connectivity index (χ1v) is 10.8. The summed E-state index contributed by atoms with van der Waals surface area (Å²) < 4.78 is 5.49. The summed E-state index contributed by atoms with van der Waals surface area (Å²) in [5.74, 6) is 2.61. The van der Waals surface area contributed by atoms with Crippen LogP contribution in [0.3, 0.4) is 0 Å². The number of fused-ring (bicyclic) bond motifs is 5. The molecule has 11 atom stereocenters. The van der Waals surface area contributed by atoms with Crippen LogP contribution >= 0.6 is 0 Å². The Morgan fingerprint density at radius 3 is 2.38 bits per heavy atom. The molecule has 4 rings (SSSR count). The van der Waals surface area contributed by atoms with Gasteiger partial charge in [0.05, 0.1) is 18.3 Å². The molecule has 4 saturated carbocycles. The van der Waals surface area contributed by atoms with Crippen LogP contribution in [0.4, 0.5) is 0 Å². The molecule has 26 heavy (non-hydrogen) atoms. The molecule has 0 saturated heterocycles. The molecular weight excluding hydrogens is 328 g/mol. The van der Waals surface area contributed by atoms with Gasteiger partial charge in [0.1, 0.15) is 6.10 Å². The van der Waals surface area contributed by atoms with Crippen molar-refractivity contribution in [2.45, 2.75) is 90.1 Å². The van der Waals surface area contributed by atoms with Crippen LogP contribution in [0.5, 0.6) is 0 Å². The number of rotatable bonds is 2. The van der Waals surface area contributed by atoms with Crippen molar-refractivity contribution in [3.8, 4) is 0 Å². The maximum atomic E-state index is 11.1. The van der Waals surface area contributed by atoms with Crippen LogP contribution in [-0.4, -0.2) is 46.8 Å². The summed E-state index contributed by atoms with van der Waals surface area (Å²) in [4.78, 5) is 0. The zero-order valence-electron chi connectivity index (χ0n) is 16.9. The Bertz CT molecular complexity index is 532. The predicted molar refractivity (Wildman–Crippen MR) is 100 cm³/mol. The minimum absolute atomic E-state index is 0.207. The summed E-state index contributed by atoms with van der Waals surface area (Å²) in [6.45, 7) is 6.63. The van der Waals surface area contributed by atoms with E-state index in [0.29, 0.717) is 29.6 Å². The van der Waals surface area contributed by atoms with Crippen molar-refractivity contribution in [3.63, 3.8) is 0 Å². The average Bonchev–Trinajstić information content (AvgIpc) is 2.96. The lowest BCUT2D eigenvalue weighted by Gasteiger charge is -2.63. The molecule has 0 bridgehead atoms. The van der Waals surface area contributed by atoms with Gasteiger partial charge in [-0.2, -0.15) is 0 Å². The SMILES string of the molecule is CO[C@H]1C[C@@H]2CC[C@H]3[C@@H]4CC[C@H]([C@H](C)O)[C@@]4(C)CC[C@@H]3[C@@]2(C)[C@@H](O)[C@H]1O. The molecule has 4 aliphatic carbocycles. The third kappa shape index (κ3) is 2.41. The first-order chi connectivity index (χ1) is 12.2. The van der Waals surface area contributed by atoms with E-state index < -0.39 is 12.2 Å². The van der Waals surface area contributed by atoms with E-state index in [-0.39, 0.29) is 23.0 Å². The van der Waals surface area contributed by atoms with Crippen LogP contribution in [0, 0.1) is 40.4 Å². The largest absolute Gasteiger partial charge is 0.393 e. The quantitative estimate of drug-likeness (QED) is 0.703. The van der Waals surface area contributed by atoms with E-state index in [9.17, 15) is 15.3 Å². The lowest BCUT2D eigenvalue weighted by atomic mass is 9.43. The van der Waals surface area contributed by atoms with Crippen LogP contribution in [0.15, 0.2) is 0 Å². The second-order valence-electron chi connectivity index (χ2n) is 10.4. The Hall–Kier alpha value is -0.160. The fraction of sp³-hybridized carbons (Fsp3) is 1.00. The first kappa shape index (κ1) is 19.2. The number of hydrogen-bond donors (Lipinski definition) is 3. The normalized spacial score (nSPS) is 57.8. The third-order valence-electron chi connectivity index (χ3n) is 9.78. The minimum Gasteiger partial charge on any atom is -0.393 e. The van der Waals surface area contributed by atoms with E-state index in [1.165, 1.54) is 12.8 Å². The molecule has 0 unspecified atom stereocenters. The van der Waals surface area contributed by atoms with Crippen LogP contribution in [0.2, 0.25) is 0 Å². The van der Waals surface area contributed by atoms with Crippen LogP contribution < -0.4 is 0 Å². The Labute approximate surface area is 158 Å².